The second kappa shape index (κ2) is 40.4. The van der Waals surface area contributed by atoms with Crippen LogP contribution >= 0.6 is 11.6 Å². The fraction of sp³-hybridized carbons (Fsp3) is 1.00. The van der Waals surface area contributed by atoms with Gasteiger partial charge in [0.15, 0.2) is 0 Å². The highest BCUT2D eigenvalue weighted by Gasteiger charge is 2.25. The molecule has 3 N–H and O–H groups in total. The van der Waals surface area contributed by atoms with E-state index in [4.69, 9.17) is 11.6 Å². The zero-order chi connectivity index (χ0) is 32.1. The topological polar surface area (TPSA) is 35.0 Å². The van der Waals surface area contributed by atoms with Crippen LogP contribution in [0.4, 0.5) is 0 Å². The minimum atomic E-state index is 0. The summed E-state index contributed by atoms with van der Waals surface area (Å²) in [5.41, 5.74) is 0. The Hall–Kier alpha value is 0.250. The van der Waals surface area contributed by atoms with Crippen LogP contribution in [0.3, 0.4) is 0 Å². The van der Waals surface area contributed by atoms with Gasteiger partial charge in [-0.1, -0.05) is 252 Å². The molecule has 0 aromatic heterocycles. The molecule has 0 saturated carbocycles. The van der Waals surface area contributed by atoms with E-state index in [1.807, 2.05) is 0 Å². The Balaban J connectivity index is 0. The van der Waals surface area contributed by atoms with Crippen molar-refractivity contribution in [2.75, 3.05) is 0 Å². The molecule has 0 aromatic carbocycles. The zero-order valence-corrected chi connectivity index (χ0v) is 32.9. The summed E-state index contributed by atoms with van der Waals surface area (Å²) in [6, 6.07) is 0. The number of hydrogen-bond acceptors (Lipinski definition) is 1. The second-order valence-corrected chi connectivity index (χ2v) is 15.9. The average molecular weight is 657 g/mol. The Kier molecular flexibility index (Phi) is 42.6. The van der Waals surface area contributed by atoms with E-state index in [-0.39, 0.29) is 11.0 Å². The lowest BCUT2D eigenvalue weighted by Gasteiger charge is -2.27. The lowest BCUT2D eigenvalue weighted by molar-refractivity contribution is 0.394. The normalized spacial score (nSPS) is 11.7. The van der Waals surface area contributed by atoms with Gasteiger partial charge in [0.25, 0.3) is 0 Å². The SMILES string of the molecule is CCCCCCCCCCCCCCC(Cl)(CCCCCCCCCCCCCC)CCCCCCCCCCCCCC.N. The summed E-state index contributed by atoms with van der Waals surface area (Å²) >= 11 is 7.44. The number of unbranched alkanes of at least 4 members (excludes halogenated alkanes) is 33. The maximum Gasteiger partial charge on any atom is 0.0446 e. The van der Waals surface area contributed by atoms with Gasteiger partial charge in [0.2, 0.25) is 0 Å². The molecule has 0 bridgehead atoms. The van der Waals surface area contributed by atoms with Crippen molar-refractivity contribution in [3.8, 4) is 0 Å². The molecule has 0 aliphatic heterocycles. The highest BCUT2D eigenvalue weighted by atomic mass is 35.5. The van der Waals surface area contributed by atoms with Crippen LogP contribution in [0.5, 0.6) is 0 Å². The molecule has 0 fully saturated rings. The summed E-state index contributed by atoms with van der Waals surface area (Å²) in [7, 11) is 0. The number of rotatable bonds is 39. The van der Waals surface area contributed by atoms with Gasteiger partial charge in [-0.3, -0.25) is 0 Å². The summed E-state index contributed by atoms with van der Waals surface area (Å²) in [5.74, 6) is 0. The summed E-state index contributed by atoms with van der Waals surface area (Å²) in [4.78, 5) is 0.0927. The Morgan fingerprint density at radius 1 is 0.244 bits per heavy atom. The molecule has 0 unspecified atom stereocenters. The third-order valence-corrected chi connectivity index (χ3v) is 11.0. The van der Waals surface area contributed by atoms with Gasteiger partial charge in [0.1, 0.15) is 0 Å². The molecule has 0 radical (unpaired) electrons. The molecule has 274 valence electrons. The summed E-state index contributed by atoms with van der Waals surface area (Å²) in [6.45, 7) is 6.94. The van der Waals surface area contributed by atoms with Crippen LogP contribution in [0.2, 0.25) is 0 Å². The van der Waals surface area contributed by atoms with E-state index >= 15 is 0 Å². The highest BCUT2D eigenvalue weighted by Crippen LogP contribution is 2.35. The molecule has 0 amide bonds. The molecule has 1 nitrogen and oxygen atoms in total. The van der Waals surface area contributed by atoms with Crippen LogP contribution in [0, 0.1) is 0 Å². The van der Waals surface area contributed by atoms with Crippen molar-refractivity contribution in [2.45, 2.75) is 276 Å². The second-order valence-electron chi connectivity index (χ2n) is 15.1. The molecule has 0 aromatic rings. The zero-order valence-electron chi connectivity index (χ0n) is 32.2. The fourth-order valence-corrected chi connectivity index (χ4v) is 7.62. The first-order valence-corrected chi connectivity index (χ1v) is 21.7. The van der Waals surface area contributed by atoms with Crippen LogP contribution in [-0.2, 0) is 0 Å². The van der Waals surface area contributed by atoms with E-state index in [1.165, 1.54) is 250 Å². The quantitative estimate of drug-likeness (QED) is 0.0519. The van der Waals surface area contributed by atoms with Gasteiger partial charge >= 0.3 is 0 Å². The lowest BCUT2D eigenvalue weighted by Crippen LogP contribution is -2.21. The van der Waals surface area contributed by atoms with Gasteiger partial charge in [-0.2, -0.15) is 0 Å². The first kappa shape index (κ1) is 47.4. The fourth-order valence-electron chi connectivity index (χ4n) is 7.22. The molecular formula is C43H90ClN. The first-order chi connectivity index (χ1) is 21.7. The van der Waals surface area contributed by atoms with Crippen LogP contribution in [-0.4, -0.2) is 4.87 Å². The maximum absolute atomic E-state index is 7.44. The van der Waals surface area contributed by atoms with Gasteiger partial charge in [0.05, 0.1) is 0 Å². The predicted octanol–water partition coefficient (Wildman–Crippen LogP) is 17.4. The number of alkyl halides is 1. The maximum atomic E-state index is 7.44. The van der Waals surface area contributed by atoms with Crippen molar-refractivity contribution in [3.05, 3.63) is 0 Å². The van der Waals surface area contributed by atoms with Crippen molar-refractivity contribution >= 4 is 11.6 Å². The Bertz CT molecular complexity index is 437. The molecule has 0 aliphatic rings. The summed E-state index contributed by atoms with van der Waals surface area (Å²) in [6.07, 6.45) is 55.4. The molecule has 0 saturated heterocycles. The Morgan fingerprint density at radius 2 is 0.378 bits per heavy atom. The first-order valence-electron chi connectivity index (χ1n) is 21.4. The molecule has 2 heteroatoms. The van der Waals surface area contributed by atoms with E-state index < -0.39 is 0 Å². The van der Waals surface area contributed by atoms with Crippen molar-refractivity contribution in [1.29, 1.82) is 0 Å². The third kappa shape index (κ3) is 38.6. The lowest BCUT2D eigenvalue weighted by atomic mass is 9.88. The van der Waals surface area contributed by atoms with E-state index in [1.54, 1.807) is 0 Å². The highest BCUT2D eigenvalue weighted by molar-refractivity contribution is 6.23. The smallest absolute Gasteiger partial charge is 0.0446 e. The molecule has 0 atom stereocenters. The van der Waals surface area contributed by atoms with E-state index in [0.29, 0.717) is 0 Å². The van der Waals surface area contributed by atoms with Gasteiger partial charge in [0, 0.05) is 4.87 Å². The Labute approximate surface area is 293 Å². The van der Waals surface area contributed by atoms with E-state index in [0.717, 1.165) is 0 Å². The predicted molar refractivity (Wildman–Crippen MR) is 211 cm³/mol. The molecule has 45 heavy (non-hydrogen) atoms. The largest absolute Gasteiger partial charge is 0.344 e. The van der Waals surface area contributed by atoms with Crippen molar-refractivity contribution in [1.82, 2.24) is 6.15 Å². The summed E-state index contributed by atoms with van der Waals surface area (Å²) in [5, 5.41) is 0. The molecule has 0 heterocycles. The molecular weight excluding hydrogens is 566 g/mol. The van der Waals surface area contributed by atoms with Crippen LogP contribution in [0.15, 0.2) is 0 Å². The third-order valence-electron chi connectivity index (χ3n) is 10.4. The van der Waals surface area contributed by atoms with E-state index in [9.17, 15) is 0 Å². The minimum Gasteiger partial charge on any atom is -0.344 e. The molecule has 0 spiro atoms. The number of halogens is 1. The molecule has 0 aliphatic carbocycles. The van der Waals surface area contributed by atoms with Crippen LogP contribution in [0.1, 0.15) is 271 Å². The van der Waals surface area contributed by atoms with Crippen LogP contribution < -0.4 is 6.15 Å². The monoisotopic (exact) mass is 656 g/mol. The summed E-state index contributed by atoms with van der Waals surface area (Å²) < 4.78 is 0. The average Bonchev–Trinajstić information content (AvgIpc) is 3.02. The van der Waals surface area contributed by atoms with Gasteiger partial charge < -0.3 is 6.15 Å². The van der Waals surface area contributed by atoms with Crippen molar-refractivity contribution in [2.24, 2.45) is 0 Å². The number of hydrogen-bond donors (Lipinski definition) is 1. The van der Waals surface area contributed by atoms with Gasteiger partial charge in [-0.05, 0) is 19.3 Å². The molecule has 0 rings (SSSR count). The van der Waals surface area contributed by atoms with Gasteiger partial charge in [-0.25, -0.2) is 0 Å². The van der Waals surface area contributed by atoms with E-state index in [2.05, 4.69) is 20.8 Å². The van der Waals surface area contributed by atoms with Gasteiger partial charge in [-0.15, -0.1) is 11.6 Å². The minimum absolute atomic E-state index is 0. The standard InChI is InChI=1S/C43H87Cl.H3N/c1-4-7-10-13-16-19-22-25-28-31-34-37-40-43(44,41-38-35-32-29-26-23-20-17-14-11-8-5-2)42-39-36-33-30-27-24-21-18-15-12-9-6-3;/h4-42H2,1-3H3;1H3. The van der Waals surface area contributed by atoms with Crippen molar-refractivity contribution < 1.29 is 0 Å². The Morgan fingerprint density at radius 3 is 0.533 bits per heavy atom. The van der Waals surface area contributed by atoms with Crippen molar-refractivity contribution in [3.63, 3.8) is 0 Å². The van der Waals surface area contributed by atoms with Crippen LogP contribution in [0.25, 0.3) is 0 Å².